The van der Waals surface area contributed by atoms with E-state index in [2.05, 4.69) is 6.92 Å². The molecule has 0 heterocycles. The van der Waals surface area contributed by atoms with Crippen molar-refractivity contribution in [2.75, 3.05) is 41.2 Å². The predicted molar refractivity (Wildman–Crippen MR) is 90.2 cm³/mol. The second-order valence-corrected chi connectivity index (χ2v) is 9.18. The molecule has 0 aromatic heterocycles. The number of hydrogen-bond donors (Lipinski definition) is 0. The van der Waals surface area contributed by atoms with Crippen molar-refractivity contribution in [3.05, 3.63) is 6.92 Å². The van der Waals surface area contributed by atoms with Gasteiger partial charge in [0.1, 0.15) is 0 Å². The zero-order valence-electron chi connectivity index (χ0n) is 15.3. The molecule has 0 amide bonds. The highest BCUT2D eigenvalue weighted by Crippen LogP contribution is 2.08. The Labute approximate surface area is 133 Å². The van der Waals surface area contributed by atoms with Crippen molar-refractivity contribution in [1.82, 2.24) is 0 Å². The summed E-state index contributed by atoms with van der Waals surface area (Å²) in [4.78, 5) is 0. The molecule has 0 aliphatic carbocycles. The molecule has 0 saturated carbocycles. The fourth-order valence-electron chi connectivity index (χ4n) is 1.16. The molecule has 0 spiro atoms. The van der Waals surface area contributed by atoms with Gasteiger partial charge in [-0.05, 0) is 20.8 Å². The molecule has 8 heteroatoms. The highest BCUT2D eigenvalue weighted by molar-refractivity contribution is 6.59. The lowest BCUT2D eigenvalue weighted by molar-refractivity contribution is 0.0783. The molecule has 0 aromatic carbocycles. The van der Waals surface area contributed by atoms with Crippen LogP contribution in [0.15, 0.2) is 0 Å². The normalized spacial score (nSPS) is 11.1. The minimum absolute atomic E-state index is 0.655. The van der Waals surface area contributed by atoms with E-state index in [9.17, 15) is 0 Å². The van der Waals surface area contributed by atoms with E-state index in [1.54, 1.807) is 28.3 Å². The van der Waals surface area contributed by atoms with Crippen LogP contribution in [0.4, 0.5) is 0 Å². The topological polar surface area (TPSA) is 55.4 Å². The van der Waals surface area contributed by atoms with E-state index in [0.29, 0.717) is 19.8 Å². The van der Waals surface area contributed by atoms with E-state index in [-0.39, 0.29) is 0 Å². The Balaban J connectivity index is -0.000000286. The SMILES string of the molecule is CCO[Si](C)(OCC)OCC.CO[Si](C)(OC)OC.[CH2]C. The van der Waals surface area contributed by atoms with Gasteiger partial charge in [0.15, 0.2) is 0 Å². The maximum Gasteiger partial charge on any atom is 0.497 e. The molecule has 0 bridgehead atoms. The average molecular weight is 344 g/mol. The van der Waals surface area contributed by atoms with E-state index in [4.69, 9.17) is 26.6 Å². The molecule has 131 valence electrons. The predicted octanol–water partition coefficient (Wildman–Crippen LogP) is 3.00. The summed E-state index contributed by atoms with van der Waals surface area (Å²) in [5, 5.41) is 0. The molecule has 0 aliphatic rings. The van der Waals surface area contributed by atoms with Crippen molar-refractivity contribution in [3.63, 3.8) is 0 Å². The lowest BCUT2D eigenvalue weighted by Gasteiger charge is -2.23. The summed E-state index contributed by atoms with van der Waals surface area (Å²) in [7, 11) is 0.327. The van der Waals surface area contributed by atoms with Crippen LogP contribution >= 0.6 is 0 Å². The van der Waals surface area contributed by atoms with Crippen LogP contribution in [0.25, 0.3) is 0 Å². The molecule has 0 aromatic rings. The summed E-state index contributed by atoms with van der Waals surface area (Å²) in [6, 6.07) is 0. The van der Waals surface area contributed by atoms with Gasteiger partial charge in [-0.15, -0.1) is 0 Å². The van der Waals surface area contributed by atoms with Gasteiger partial charge in [-0.3, -0.25) is 0 Å². The van der Waals surface area contributed by atoms with Crippen LogP contribution in [0.3, 0.4) is 0 Å². The first kappa shape index (κ1) is 26.1. The first-order chi connectivity index (χ1) is 9.86. The summed E-state index contributed by atoms with van der Waals surface area (Å²) in [6.07, 6.45) is 0. The Bertz CT molecular complexity index is 178. The maximum atomic E-state index is 5.40. The summed E-state index contributed by atoms with van der Waals surface area (Å²) >= 11 is 0. The van der Waals surface area contributed by atoms with Crippen LogP contribution in [0, 0.1) is 6.92 Å². The van der Waals surface area contributed by atoms with Crippen molar-refractivity contribution < 1.29 is 26.6 Å². The fourth-order valence-corrected chi connectivity index (χ4v) is 3.48. The highest BCUT2D eigenvalue weighted by atomic mass is 28.4. The van der Waals surface area contributed by atoms with Gasteiger partial charge in [-0.2, -0.15) is 0 Å². The molecule has 0 N–H and O–H groups in total. The first-order valence-electron chi connectivity index (χ1n) is 7.14. The Kier molecular flexibility index (Phi) is 20.6. The Morgan fingerprint density at radius 2 is 0.857 bits per heavy atom. The van der Waals surface area contributed by atoms with Gasteiger partial charge in [-0.1, -0.05) is 13.8 Å². The molecule has 6 nitrogen and oxygen atoms in total. The Morgan fingerprint density at radius 1 is 0.619 bits per heavy atom. The van der Waals surface area contributed by atoms with Crippen LogP contribution in [-0.2, 0) is 26.6 Å². The third-order valence-electron chi connectivity index (χ3n) is 2.33. The molecule has 0 aliphatic heterocycles. The van der Waals surface area contributed by atoms with Crippen LogP contribution in [-0.4, -0.2) is 58.8 Å². The van der Waals surface area contributed by atoms with Crippen molar-refractivity contribution in [2.45, 2.75) is 40.8 Å². The third-order valence-corrected chi connectivity index (χ3v) is 7.00. The fraction of sp³-hybridized carbons (Fsp3) is 0.923. The molecular formula is C13H35O6Si2. The zero-order valence-corrected chi connectivity index (χ0v) is 17.3. The van der Waals surface area contributed by atoms with Crippen molar-refractivity contribution in [3.8, 4) is 0 Å². The summed E-state index contributed by atoms with van der Waals surface area (Å²) in [5.74, 6) is 0. The Morgan fingerprint density at radius 3 is 0.952 bits per heavy atom. The van der Waals surface area contributed by atoms with Gasteiger partial charge < -0.3 is 26.6 Å². The lowest BCUT2D eigenvalue weighted by atomic mass is 10.9. The van der Waals surface area contributed by atoms with Gasteiger partial charge in [-0.25, -0.2) is 0 Å². The minimum atomic E-state index is -2.25. The van der Waals surface area contributed by atoms with E-state index in [0.717, 1.165) is 0 Å². The van der Waals surface area contributed by atoms with Crippen LogP contribution < -0.4 is 0 Å². The quantitative estimate of drug-likeness (QED) is 0.600. The molecule has 0 rings (SSSR count). The first-order valence-corrected chi connectivity index (χ1v) is 11.6. The van der Waals surface area contributed by atoms with Crippen LogP contribution in [0.2, 0.25) is 13.1 Å². The second-order valence-electron chi connectivity index (χ2n) is 3.64. The number of rotatable bonds is 9. The standard InChI is InChI=1S/C7H18O3Si.C4H12O3Si.C2H5/c1-5-8-11(4,9-6-2)10-7-3;1-5-8(4,6-2)7-3;1-2/h5-7H2,1-4H3;1-4H3;1H2,2H3. The second kappa shape index (κ2) is 16.6. The van der Waals surface area contributed by atoms with Crippen LogP contribution in [0.5, 0.6) is 0 Å². The monoisotopic (exact) mass is 343 g/mol. The number of hydrogen-bond acceptors (Lipinski definition) is 6. The smallest absolute Gasteiger partial charge is 0.377 e. The molecule has 0 saturated heterocycles. The molecule has 1 radical (unpaired) electrons. The summed E-state index contributed by atoms with van der Waals surface area (Å²) in [6.45, 7) is 16.6. The van der Waals surface area contributed by atoms with Gasteiger partial charge in [0, 0.05) is 54.2 Å². The van der Waals surface area contributed by atoms with E-state index in [1.807, 2.05) is 33.9 Å². The van der Waals surface area contributed by atoms with E-state index in [1.165, 1.54) is 0 Å². The molecule has 0 fully saturated rings. The summed E-state index contributed by atoms with van der Waals surface area (Å²) in [5.41, 5.74) is 0. The average Bonchev–Trinajstić information content (AvgIpc) is 2.50. The molecule has 21 heavy (non-hydrogen) atoms. The van der Waals surface area contributed by atoms with Gasteiger partial charge >= 0.3 is 17.6 Å². The van der Waals surface area contributed by atoms with Gasteiger partial charge in [0.05, 0.1) is 0 Å². The largest absolute Gasteiger partial charge is 0.497 e. The van der Waals surface area contributed by atoms with Crippen molar-refractivity contribution in [2.24, 2.45) is 0 Å². The van der Waals surface area contributed by atoms with Gasteiger partial charge in [0.2, 0.25) is 0 Å². The molecule has 0 unspecified atom stereocenters. The summed E-state index contributed by atoms with van der Waals surface area (Å²) < 4.78 is 31.0. The lowest BCUT2D eigenvalue weighted by Crippen LogP contribution is -2.42. The van der Waals surface area contributed by atoms with Gasteiger partial charge in [0.25, 0.3) is 0 Å². The maximum absolute atomic E-state index is 5.40. The molecule has 0 atom stereocenters. The third kappa shape index (κ3) is 14.9. The zero-order chi connectivity index (χ0) is 17.4. The van der Waals surface area contributed by atoms with Crippen molar-refractivity contribution >= 4 is 17.6 Å². The van der Waals surface area contributed by atoms with Crippen molar-refractivity contribution in [1.29, 1.82) is 0 Å². The Hall–Kier alpha value is 0.194. The van der Waals surface area contributed by atoms with E-state index < -0.39 is 17.6 Å². The minimum Gasteiger partial charge on any atom is -0.377 e. The molecular weight excluding hydrogens is 308 g/mol. The van der Waals surface area contributed by atoms with Crippen LogP contribution in [0.1, 0.15) is 27.7 Å². The highest BCUT2D eigenvalue weighted by Gasteiger charge is 2.33. The van der Waals surface area contributed by atoms with E-state index >= 15 is 0 Å².